The first-order chi connectivity index (χ1) is 12.6. The monoisotopic (exact) mass is 356 g/mol. The van der Waals surface area contributed by atoms with E-state index in [1.807, 2.05) is 29.2 Å². The van der Waals surface area contributed by atoms with E-state index in [2.05, 4.69) is 0 Å². The number of furan rings is 1. The van der Waals surface area contributed by atoms with E-state index in [9.17, 15) is 9.59 Å². The quantitative estimate of drug-likeness (QED) is 0.909. The smallest absolute Gasteiger partial charge is 0.227 e. The van der Waals surface area contributed by atoms with Gasteiger partial charge >= 0.3 is 0 Å². The number of para-hydroxylation sites is 1. The summed E-state index contributed by atoms with van der Waals surface area (Å²) in [6.07, 6.45) is 4.37. The molecule has 0 unspecified atom stereocenters. The van der Waals surface area contributed by atoms with Crippen LogP contribution in [0.4, 0.5) is 0 Å². The first-order valence-electron chi connectivity index (χ1n) is 9.27. The van der Waals surface area contributed by atoms with E-state index in [0.29, 0.717) is 38.5 Å². The molecule has 6 nitrogen and oxygen atoms in total. The molecular formula is C20H24N2O4. The summed E-state index contributed by atoms with van der Waals surface area (Å²) in [5.74, 6) is -0.0278. The molecule has 1 aromatic heterocycles. The summed E-state index contributed by atoms with van der Waals surface area (Å²) in [5.41, 5.74) is 7.24. The number of hydrogen-bond donors (Lipinski definition) is 1. The topological polar surface area (TPSA) is 85.8 Å². The number of hydrogen-bond acceptors (Lipinski definition) is 4. The average molecular weight is 356 g/mol. The van der Waals surface area contributed by atoms with Gasteiger partial charge in [0.2, 0.25) is 11.8 Å². The number of carbonyl (C=O) groups is 2. The number of rotatable bonds is 4. The SMILES string of the molecule is NC(=O)[C@H]1CCO[C@@H]1C1CCN(C(=O)Cc2coc3ccccc23)CC1. The molecule has 2 atom stereocenters. The lowest BCUT2D eigenvalue weighted by Gasteiger charge is -2.35. The Balaban J connectivity index is 1.36. The lowest BCUT2D eigenvalue weighted by molar-refractivity contribution is -0.133. The van der Waals surface area contributed by atoms with E-state index in [-0.39, 0.29) is 23.8 Å². The van der Waals surface area contributed by atoms with Gasteiger partial charge in [0.05, 0.1) is 24.7 Å². The second-order valence-electron chi connectivity index (χ2n) is 7.29. The van der Waals surface area contributed by atoms with E-state index in [0.717, 1.165) is 29.4 Å². The molecule has 2 N–H and O–H groups in total. The summed E-state index contributed by atoms with van der Waals surface area (Å²) in [6, 6.07) is 7.77. The third kappa shape index (κ3) is 3.21. The predicted octanol–water partition coefficient (Wildman–Crippen LogP) is 2.10. The van der Waals surface area contributed by atoms with E-state index >= 15 is 0 Å². The zero-order valence-electron chi connectivity index (χ0n) is 14.7. The number of nitrogens with two attached hydrogens (primary N) is 1. The maximum Gasteiger partial charge on any atom is 0.227 e. The van der Waals surface area contributed by atoms with Crippen molar-refractivity contribution in [3.63, 3.8) is 0 Å². The summed E-state index contributed by atoms with van der Waals surface area (Å²) in [7, 11) is 0. The van der Waals surface area contributed by atoms with Crippen LogP contribution < -0.4 is 5.73 Å². The first-order valence-corrected chi connectivity index (χ1v) is 9.27. The van der Waals surface area contributed by atoms with Crippen molar-refractivity contribution in [3.05, 3.63) is 36.1 Å². The van der Waals surface area contributed by atoms with Crippen molar-refractivity contribution in [1.82, 2.24) is 4.90 Å². The number of carbonyl (C=O) groups excluding carboxylic acids is 2. The fraction of sp³-hybridized carbons (Fsp3) is 0.500. The molecule has 2 amide bonds. The van der Waals surface area contributed by atoms with Crippen molar-refractivity contribution in [2.75, 3.05) is 19.7 Å². The molecule has 2 saturated heterocycles. The maximum absolute atomic E-state index is 12.7. The Kier molecular flexibility index (Phi) is 4.68. The van der Waals surface area contributed by atoms with Gasteiger partial charge in [-0.1, -0.05) is 18.2 Å². The van der Waals surface area contributed by atoms with Gasteiger partial charge in [0, 0.05) is 30.6 Å². The third-order valence-corrected chi connectivity index (χ3v) is 5.76. The molecule has 0 radical (unpaired) electrons. The van der Waals surface area contributed by atoms with Crippen LogP contribution in [0.3, 0.4) is 0 Å². The zero-order chi connectivity index (χ0) is 18.1. The summed E-state index contributed by atoms with van der Waals surface area (Å²) in [4.78, 5) is 26.2. The Morgan fingerprint density at radius 3 is 2.69 bits per heavy atom. The minimum atomic E-state index is -0.266. The largest absolute Gasteiger partial charge is 0.464 e. The third-order valence-electron chi connectivity index (χ3n) is 5.76. The van der Waals surface area contributed by atoms with Gasteiger partial charge in [-0.15, -0.1) is 0 Å². The highest BCUT2D eigenvalue weighted by Crippen LogP contribution is 2.33. The van der Waals surface area contributed by atoms with Gasteiger partial charge in [-0.3, -0.25) is 9.59 Å². The number of piperidine rings is 1. The molecule has 2 aliphatic rings. The Labute approximate surface area is 152 Å². The van der Waals surface area contributed by atoms with Crippen LogP contribution in [-0.2, 0) is 20.7 Å². The summed E-state index contributed by atoms with van der Waals surface area (Å²) in [5, 5.41) is 0.999. The van der Waals surface area contributed by atoms with Crippen molar-refractivity contribution < 1.29 is 18.7 Å². The van der Waals surface area contributed by atoms with Gasteiger partial charge in [-0.05, 0) is 31.2 Å². The highest BCUT2D eigenvalue weighted by atomic mass is 16.5. The Morgan fingerprint density at radius 2 is 1.92 bits per heavy atom. The molecule has 3 heterocycles. The molecule has 26 heavy (non-hydrogen) atoms. The van der Waals surface area contributed by atoms with Crippen LogP contribution in [0.25, 0.3) is 11.0 Å². The Bertz CT molecular complexity index is 807. The Hall–Kier alpha value is -2.34. The average Bonchev–Trinajstić information content (AvgIpc) is 3.29. The molecule has 1 aromatic carbocycles. The molecule has 6 heteroatoms. The standard InChI is InChI=1S/C20H24N2O4/c21-20(24)16-7-10-25-19(16)13-5-8-22(9-6-13)18(23)11-14-12-26-17-4-2-1-3-15(14)17/h1-4,12-13,16,19H,5-11H2,(H2,21,24)/t16-,19+/m0/s1. The first kappa shape index (κ1) is 17.1. The van der Waals surface area contributed by atoms with Crippen LogP contribution in [-0.4, -0.2) is 42.5 Å². The lowest BCUT2D eigenvalue weighted by atomic mass is 9.84. The fourth-order valence-electron chi connectivity index (χ4n) is 4.30. The van der Waals surface area contributed by atoms with Crippen LogP contribution in [0.1, 0.15) is 24.8 Å². The van der Waals surface area contributed by atoms with Crippen LogP contribution in [0.2, 0.25) is 0 Å². The molecule has 138 valence electrons. The van der Waals surface area contributed by atoms with Crippen LogP contribution in [0, 0.1) is 11.8 Å². The number of amides is 2. The van der Waals surface area contributed by atoms with E-state index in [4.69, 9.17) is 14.9 Å². The second kappa shape index (κ2) is 7.11. The normalized spacial score (nSPS) is 24.2. The highest BCUT2D eigenvalue weighted by molar-refractivity contribution is 5.87. The Morgan fingerprint density at radius 1 is 1.15 bits per heavy atom. The van der Waals surface area contributed by atoms with E-state index in [1.165, 1.54) is 0 Å². The van der Waals surface area contributed by atoms with Gasteiger partial charge in [-0.2, -0.15) is 0 Å². The minimum absolute atomic E-state index is 0.0810. The van der Waals surface area contributed by atoms with Crippen LogP contribution in [0.15, 0.2) is 34.9 Å². The molecular weight excluding hydrogens is 332 g/mol. The predicted molar refractivity (Wildman–Crippen MR) is 96.3 cm³/mol. The summed E-state index contributed by atoms with van der Waals surface area (Å²) < 4.78 is 11.3. The van der Waals surface area contributed by atoms with Gasteiger partial charge in [0.15, 0.2) is 0 Å². The molecule has 2 aromatic rings. The number of likely N-dealkylation sites (tertiary alicyclic amines) is 1. The molecule has 2 fully saturated rings. The highest BCUT2D eigenvalue weighted by Gasteiger charge is 2.39. The molecule has 0 aliphatic carbocycles. The summed E-state index contributed by atoms with van der Waals surface area (Å²) >= 11 is 0. The van der Waals surface area contributed by atoms with Crippen molar-refractivity contribution >= 4 is 22.8 Å². The number of primary amides is 1. The van der Waals surface area contributed by atoms with Gasteiger partial charge in [0.1, 0.15) is 5.58 Å². The molecule has 0 saturated carbocycles. The van der Waals surface area contributed by atoms with E-state index < -0.39 is 0 Å². The zero-order valence-corrected chi connectivity index (χ0v) is 14.7. The van der Waals surface area contributed by atoms with Crippen molar-refractivity contribution in [1.29, 1.82) is 0 Å². The number of fused-ring (bicyclic) bond motifs is 1. The number of nitrogens with zero attached hydrogens (tertiary/aromatic N) is 1. The fourth-order valence-corrected chi connectivity index (χ4v) is 4.30. The van der Waals surface area contributed by atoms with Crippen molar-refractivity contribution in [2.24, 2.45) is 17.6 Å². The van der Waals surface area contributed by atoms with Crippen LogP contribution >= 0.6 is 0 Å². The van der Waals surface area contributed by atoms with Crippen molar-refractivity contribution in [2.45, 2.75) is 31.8 Å². The molecule has 0 spiro atoms. The number of benzene rings is 1. The number of ether oxygens (including phenoxy) is 1. The summed E-state index contributed by atoms with van der Waals surface area (Å²) in [6.45, 7) is 2.00. The molecule has 0 bridgehead atoms. The van der Waals surface area contributed by atoms with Gasteiger partial charge < -0.3 is 19.8 Å². The van der Waals surface area contributed by atoms with Gasteiger partial charge in [-0.25, -0.2) is 0 Å². The second-order valence-corrected chi connectivity index (χ2v) is 7.29. The van der Waals surface area contributed by atoms with Crippen LogP contribution in [0.5, 0.6) is 0 Å². The van der Waals surface area contributed by atoms with Crippen molar-refractivity contribution in [3.8, 4) is 0 Å². The molecule has 4 rings (SSSR count). The van der Waals surface area contributed by atoms with Gasteiger partial charge in [0.25, 0.3) is 0 Å². The lowest BCUT2D eigenvalue weighted by Crippen LogP contribution is -2.44. The van der Waals surface area contributed by atoms with E-state index in [1.54, 1.807) is 6.26 Å². The minimum Gasteiger partial charge on any atom is -0.464 e. The maximum atomic E-state index is 12.7. The molecule has 2 aliphatic heterocycles.